The molecule has 3 rings (SSSR count). The fraction of sp³-hybridized carbons (Fsp3) is 0.696. The van der Waals surface area contributed by atoms with Gasteiger partial charge in [0.25, 0.3) is 0 Å². The number of carbonyl (C=O) groups is 1. The van der Waals surface area contributed by atoms with Gasteiger partial charge in [0, 0.05) is 32.1 Å². The molecule has 2 fully saturated rings. The highest BCUT2D eigenvalue weighted by Gasteiger charge is 2.29. The zero-order valence-corrected chi connectivity index (χ0v) is 17.9. The first-order chi connectivity index (χ1) is 13.9. The summed E-state index contributed by atoms with van der Waals surface area (Å²) in [4.78, 5) is 18.0. The van der Waals surface area contributed by atoms with Crippen molar-refractivity contribution in [1.82, 2.24) is 9.88 Å². The average molecular weight is 400 g/mol. The van der Waals surface area contributed by atoms with E-state index in [1.807, 2.05) is 31.7 Å². The van der Waals surface area contributed by atoms with Crippen molar-refractivity contribution in [2.45, 2.75) is 76.9 Å². The Morgan fingerprint density at radius 1 is 1.21 bits per heavy atom. The van der Waals surface area contributed by atoms with E-state index in [1.165, 1.54) is 0 Å². The van der Waals surface area contributed by atoms with Gasteiger partial charge in [0.2, 0.25) is 0 Å². The van der Waals surface area contributed by atoms with E-state index < -0.39 is 5.60 Å². The van der Waals surface area contributed by atoms with E-state index >= 15 is 0 Å². The first-order valence-corrected chi connectivity index (χ1v) is 10.8. The van der Waals surface area contributed by atoms with Crippen LogP contribution in [0.25, 0.3) is 0 Å². The molecule has 29 heavy (non-hydrogen) atoms. The summed E-state index contributed by atoms with van der Waals surface area (Å²) in [5.74, 6) is 0.946. The van der Waals surface area contributed by atoms with Crippen molar-refractivity contribution in [2.75, 3.05) is 19.7 Å². The highest BCUT2D eigenvalue weighted by atomic mass is 16.6. The molecular formula is C23H33N3O3. The largest absolute Gasteiger partial charge is 0.444 e. The Kier molecular flexibility index (Phi) is 7.13. The van der Waals surface area contributed by atoms with Gasteiger partial charge >= 0.3 is 6.09 Å². The number of rotatable bonds is 4. The molecule has 6 heteroatoms. The van der Waals surface area contributed by atoms with Crippen LogP contribution < -0.4 is 0 Å². The second kappa shape index (κ2) is 9.58. The molecule has 0 bridgehead atoms. The molecule has 158 valence electrons. The Labute approximate surface area is 174 Å². The number of nitriles is 1. The number of pyridine rings is 1. The molecule has 1 aromatic rings. The summed E-state index contributed by atoms with van der Waals surface area (Å²) in [6.45, 7) is 7.96. The Bertz CT molecular complexity index is 722. The lowest BCUT2D eigenvalue weighted by Crippen LogP contribution is -2.42. The van der Waals surface area contributed by atoms with Gasteiger partial charge in [-0.15, -0.1) is 0 Å². The number of aromatic nitrogens is 1. The number of hydrogen-bond donors (Lipinski definition) is 0. The summed E-state index contributed by atoms with van der Waals surface area (Å²) in [5.41, 5.74) is 1.39. The van der Waals surface area contributed by atoms with Crippen LogP contribution in [0.5, 0.6) is 0 Å². The van der Waals surface area contributed by atoms with Gasteiger partial charge in [-0.05, 0) is 82.8 Å². The summed E-state index contributed by atoms with van der Waals surface area (Å²) >= 11 is 0. The average Bonchev–Trinajstić information content (AvgIpc) is 2.72. The van der Waals surface area contributed by atoms with Crippen LogP contribution in [0.3, 0.4) is 0 Å². The highest BCUT2D eigenvalue weighted by molar-refractivity contribution is 5.68. The number of carbonyl (C=O) groups excluding carboxylic acids is 1. The number of piperidine rings is 1. The minimum Gasteiger partial charge on any atom is -0.444 e. The number of hydrogen-bond acceptors (Lipinski definition) is 5. The van der Waals surface area contributed by atoms with E-state index in [0.29, 0.717) is 23.5 Å². The maximum Gasteiger partial charge on any atom is 0.410 e. The Morgan fingerprint density at radius 2 is 1.90 bits per heavy atom. The molecule has 1 saturated heterocycles. The van der Waals surface area contributed by atoms with Crippen molar-refractivity contribution in [3.63, 3.8) is 0 Å². The topological polar surface area (TPSA) is 75.4 Å². The van der Waals surface area contributed by atoms with E-state index in [1.54, 1.807) is 12.4 Å². The molecular weight excluding hydrogens is 366 g/mol. The van der Waals surface area contributed by atoms with Crippen LogP contribution in [0, 0.1) is 17.2 Å². The van der Waals surface area contributed by atoms with E-state index in [-0.39, 0.29) is 6.09 Å². The van der Waals surface area contributed by atoms with Gasteiger partial charge in [0.15, 0.2) is 0 Å². The van der Waals surface area contributed by atoms with Crippen LogP contribution in [-0.4, -0.2) is 47.4 Å². The fourth-order valence-corrected chi connectivity index (χ4v) is 4.28. The molecule has 0 N–H and O–H groups in total. The van der Waals surface area contributed by atoms with Gasteiger partial charge in [-0.1, -0.05) is 0 Å². The lowest BCUT2D eigenvalue weighted by molar-refractivity contribution is -0.0143. The maximum absolute atomic E-state index is 12.2. The third-order valence-electron chi connectivity index (χ3n) is 5.92. The number of amides is 1. The van der Waals surface area contributed by atoms with Crippen LogP contribution >= 0.6 is 0 Å². The fourth-order valence-electron chi connectivity index (χ4n) is 4.28. The molecule has 0 unspecified atom stereocenters. The van der Waals surface area contributed by atoms with Crippen LogP contribution in [-0.2, 0) is 9.47 Å². The normalized spacial score (nSPS) is 23.4. The van der Waals surface area contributed by atoms with Crippen molar-refractivity contribution in [3.05, 3.63) is 29.6 Å². The van der Waals surface area contributed by atoms with Gasteiger partial charge in [-0.3, -0.25) is 4.98 Å². The summed E-state index contributed by atoms with van der Waals surface area (Å²) in [5, 5.41) is 9.29. The second-order valence-corrected chi connectivity index (χ2v) is 9.29. The number of likely N-dealkylation sites (tertiary alicyclic amines) is 1. The molecule has 1 aliphatic heterocycles. The van der Waals surface area contributed by atoms with E-state index in [4.69, 9.17) is 9.47 Å². The van der Waals surface area contributed by atoms with Crippen LogP contribution in [0.1, 0.15) is 76.3 Å². The third-order valence-corrected chi connectivity index (χ3v) is 5.92. The molecule has 1 aromatic heterocycles. The quantitative estimate of drug-likeness (QED) is 0.737. The molecule has 1 aliphatic carbocycles. The van der Waals surface area contributed by atoms with E-state index in [0.717, 1.165) is 63.8 Å². The monoisotopic (exact) mass is 399 g/mol. The number of ether oxygens (including phenoxy) is 2. The molecule has 0 atom stereocenters. The lowest BCUT2D eigenvalue weighted by Gasteiger charge is -2.34. The van der Waals surface area contributed by atoms with Gasteiger partial charge in [-0.25, -0.2) is 4.79 Å². The van der Waals surface area contributed by atoms with Crippen molar-refractivity contribution >= 4 is 6.09 Å². The molecule has 1 saturated carbocycles. The van der Waals surface area contributed by atoms with Crippen molar-refractivity contribution in [1.29, 1.82) is 5.26 Å². The van der Waals surface area contributed by atoms with Crippen LogP contribution in [0.2, 0.25) is 0 Å². The smallest absolute Gasteiger partial charge is 0.410 e. The Balaban J connectivity index is 1.37. The lowest BCUT2D eigenvalue weighted by atomic mass is 9.81. The van der Waals surface area contributed by atoms with Crippen molar-refractivity contribution in [3.8, 4) is 6.07 Å². The minimum atomic E-state index is -0.444. The van der Waals surface area contributed by atoms with Crippen molar-refractivity contribution < 1.29 is 14.3 Å². The summed E-state index contributed by atoms with van der Waals surface area (Å²) in [6.07, 6.45) is 9.67. The van der Waals surface area contributed by atoms with Crippen LogP contribution in [0.4, 0.5) is 4.79 Å². The van der Waals surface area contributed by atoms with Gasteiger partial charge in [0.1, 0.15) is 11.7 Å². The molecule has 1 amide bonds. The molecule has 0 radical (unpaired) electrons. The molecule has 0 aromatic carbocycles. The Hall–Kier alpha value is -2.13. The minimum absolute atomic E-state index is 0.206. The summed E-state index contributed by atoms with van der Waals surface area (Å²) in [7, 11) is 0. The van der Waals surface area contributed by atoms with E-state index in [9.17, 15) is 10.1 Å². The molecule has 2 heterocycles. The zero-order chi connectivity index (χ0) is 20.9. The predicted molar refractivity (Wildman–Crippen MR) is 110 cm³/mol. The second-order valence-electron chi connectivity index (χ2n) is 9.29. The molecule has 6 nitrogen and oxygen atoms in total. The zero-order valence-electron chi connectivity index (χ0n) is 17.9. The van der Waals surface area contributed by atoms with Gasteiger partial charge in [-0.2, -0.15) is 5.26 Å². The maximum atomic E-state index is 12.2. The first kappa shape index (κ1) is 21.6. The van der Waals surface area contributed by atoms with Gasteiger partial charge < -0.3 is 14.4 Å². The number of nitrogens with zero attached hydrogens (tertiary/aromatic N) is 3. The predicted octanol–water partition coefficient (Wildman–Crippen LogP) is 4.64. The third kappa shape index (κ3) is 6.17. The SMILES string of the molecule is CC(C)(C)OC(=O)N1CCC(CO[C@H]2CC[C@H](c3ccncc3C#N)CC2)CC1. The first-order valence-electron chi connectivity index (χ1n) is 10.8. The van der Waals surface area contributed by atoms with Crippen LogP contribution in [0.15, 0.2) is 18.5 Å². The summed E-state index contributed by atoms with van der Waals surface area (Å²) < 4.78 is 11.7. The van der Waals surface area contributed by atoms with Gasteiger partial charge in [0.05, 0.1) is 11.7 Å². The van der Waals surface area contributed by atoms with Crippen molar-refractivity contribution in [2.24, 2.45) is 5.92 Å². The highest BCUT2D eigenvalue weighted by Crippen LogP contribution is 2.35. The molecule has 0 spiro atoms. The Morgan fingerprint density at radius 3 is 2.52 bits per heavy atom. The molecule has 2 aliphatic rings. The summed E-state index contributed by atoms with van der Waals surface area (Å²) in [6, 6.07) is 4.25. The standard InChI is InChI=1S/C23H33N3O3/c1-23(2,3)29-22(27)26-12-9-17(10-13-26)16-28-20-6-4-18(5-7-20)21-8-11-25-15-19(21)14-24/h8,11,15,17-18,20H,4-7,9-10,12-13,16H2,1-3H3/t18-,20-. The van der Waals surface area contributed by atoms with E-state index in [2.05, 4.69) is 11.1 Å².